The predicted molar refractivity (Wildman–Crippen MR) is 168 cm³/mol. The molecule has 1 aliphatic carbocycles. The van der Waals surface area contributed by atoms with Crippen molar-refractivity contribution in [1.29, 1.82) is 5.26 Å². The van der Waals surface area contributed by atoms with Crippen molar-refractivity contribution >= 4 is 33.8 Å². The molecule has 45 heavy (non-hydrogen) atoms. The standard InChI is InChI=1S/C31H38FN8O3S2/c1-18(32)29(41)39-13-9-20(10-14-39)43-26-15-25(42-19(2)22-7-6-12-38(22)4)35-30(36-26)40-17-24(45-37-40)31(3)11-5-8-23-27(31)21(16-33)28(34)44-23/h15,17,19-20,22H,1,5-14,34H2,2-4H3/q+1/t19-,22-,31+/m0/s1. The molecule has 3 aromatic heterocycles. The number of amides is 1. The third-order valence-electron chi connectivity index (χ3n) is 9.31. The Balaban J connectivity index is 1.29. The van der Waals surface area contributed by atoms with E-state index in [1.807, 2.05) is 6.20 Å². The highest BCUT2D eigenvalue weighted by atomic mass is 32.1. The first-order valence-corrected chi connectivity index (χ1v) is 16.9. The molecule has 3 aliphatic rings. The number of hydrogen-bond acceptors (Lipinski definition) is 11. The van der Waals surface area contributed by atoms with Gasteiger partial charge in [0, 0.05) is 42.3 Å². The van der Waals surface area contributed by atoms with E-state index >= 15 is 0 Å². The van der Waals surface area contributed by atoms with Gasteiger partial charge in [-0.2, -0.15) is 5.26 Å². The number of anilines is 1. The zero-order valence-corrected chi connectivity index (χ0v) is 27.4. The van der Waals surface area contributed by atoms with E-state index in [4.69, 9.17) is 29.7 Å². The van der Waals surface area contributed by atoms with Gasteiger partial charge in [0.05, 0.1) is 16.5 Å². The molecule has 2 N–H and O–H groups in total. The van der Waals surface area contributed by atoms with E-state index in [1.165, 1.54) is 27.8 Å². The van der Waals surface area contributed by atoms with Crippen LogP contribution in [0, 0.1) is 11.3 Å². The van der Waals surface area contributed by atoms with Gasteiger partial charge in [0.25, 0.3) is 5.91 Å². The van der Waals surface area contributed by atoms with Crippen molar-refractivity contribution in [3.8, 4) is 23.8 Å². The molecular formula is C31H38FN8O3S2+. The summed E-state index contributed by atoms with van der Waals surface area (Å²) in [6, 6.07) is 4.31. The average Bonchev–Trinajstić information content (AvgIpc) is 3.76. The molecule has 6 rings (SSSR count). The lowest BCUT2D eigenvalue weighted by atomic mass is 9.72. The highest BCUT2D eigenvalue weighted by Gasteiger charge is 2.41. The van der Waals surface area contributed by atoms with Crippen molar-refractivity contribution < 1.29 is 23.3 Å². The summed E-state index contributed by atoms with van der Waals surface area (Å²) in [5, 5.41) is 10.5. The third-order valence-corrected chi connectivity index (χ3v) is 11.4. The van der Waals surface area contributed by atoms with Gasteiger partial charge in [0.1, 0.15) is 29.5 Å². The number of thiophene rings is 1. The first-order chi connectivity index (χ1) is 21.6. The zero-order valence-electron chi connectivity index (χ0n) is 25.8. The maximum absolute atomic E-state index is 13.4. The van der Waals surface area contributed by atoms with Gasteiger partial charge in [-0.1, -0.05) is 18.2 Å². The summed E-state index contributed by atoms with van der Waals surface area (Å²) in [7, 11) is 2.11. The summed E-state index contributed by atoms with van der Waals surface area (Å²) in [5.74, 6) is -0.603. The largest absolute Gasteiger partial charge is 0.464 e. The molecule has 5 heterocycles. The number of likely N-dealkylation sites (N-methyl/N-ethyl adjacent to an activating group) is 1. The van der Waals surface area contributed by atoms with Crippen LogP contribution in [0.1, 0.15) is 73.3 Å². The van der Waals surface area contributed by atoms with Crippen LogP contribution in [0.5, 0.6) is 11.8 Å². The monoisotopic (exact) mass is 653 g/mol. The number of carbonyl (C=O) groups excluding carboxylic acids is 1. The number of ether oxygens (including phenoxy) is 2. The minimum absolute atomic E-state index is 0.111. The molecular weight excluding hydrogens is 616 g/mol. The topological polar surface area (TPSA) is 134 Å². The number of nitriles is 1. The Bertz CT molecular complexity index is 1650. The van der Waals surface area contributed by atoms with Crippen molar-refractivity contribution in [3.05, 3.63) is 45.6 Å². The number of nitrogen functional groups attached to an aromatic ring is 1. The van der Waals surface area contributed by atoms with Crippen molar-refractivity contribution in [2.24, 2.45) is 0 Å². The Kier molecular flexibility index (Phi) is 8.78. The fraction of sp³-hybridized carbons (Fsp3) is 0.548. The van der Waals surface area contributed by atoms with E-state index in [1.54, 1.807) is 10.7 Å². The zero-order chi connectivity index (χ0) is 31.9. The first-order valence-electron chi connectivity index (χ1n) is 15.3. The molecule has 2 aliphatic heterocycles. The number of nitrogens with two attached hydrogens (primary N) is 1. The third kappa shape index (κ3) is 6.13. The first kappa shape index (κ1) is 31.3. The quantitative estimate of drug-likeness (QED) is 0.282. The van der Waals surface area contributed by atoms with E-state index in [-0.39, 0.29) is 18.2 Å². The van der Waals surface area contributed by atoms with Crippen LogP contribution in [-0.2, 0) is 16.6 Å². The number of aryl methyl sites for hydroxylation is 1. The summed E-state index contributed by atoms with van der Waals surface area (Å²) in [6.45, 7) is 9.08. The summed E-state index contributed by atoms with van der Waals surface area (Å²) in [6.07, 6.45) is 7.58. The van der Waals surface area contributed by atoms with Gasteiger partial charge in [0.2, 0.25) is 0 Å². The summed E-state index contributed by atoms with van der Waals surface area (Å²) in [5.41, 5.74) is 7.41. The minimum Gasteiger partial charge on any atom is -0.462 e. The van der Waals surface area contributed by atoms with Gasteiger partial charge in [-0.3, -0.25) is 9.69 Å². The Morgan fingerprint density at radius 2 is 2.02 bits per heavy atom. The van der Waals surface area contributed by atoms with E-state index in [0.717, 1.165) is 54.0 Å². The molecule has 3 aromatic rings. The second-order valence-corrected chi connectivity index (χ2v) is 14.2. The molecule has 0 unspecified atom stereocenters. The smallest absolute Gasteiger partial charge is 0.462 e. The second kappa shape index (κ2) is 12.6. The Morgan fingerprint density at radius 1 is 1.27 bits per heavy atom. The van der Waals surface area contributed by atoms with Gasteiger partial charge in [-0.05, 0) is 84.2 Å². The van der Waals surface area contributed by atoms with Crippen LogP contribution in [-0.4, -0.2) is 75.1 Å². The number of likely N-dealkylation sites (tertiary alicyclic amines) is 2. The van der Waals surface area contributed by atoms with E-state index < -0.39 is 17.1 Å². The Hall–Kier alpha value is -3.67. The van der Waals surface area contributed by atoms with Gasteiger partial charge in [0.15, 0.2) is 5.83 Å². The van der Waals surface area contributed by atoms with Crippen molar-refractivity contribution in [3.63, 3.8) is 0 Å². The van der Waals surface area contributed by atoms with Crippen molar-refractivity contribution in [2.75, 3.05) is 32.4 Å². The number of carbonyl (C=O) groups is 1. The summed E-state index contributed by atoms with van der Waals surface area (Å²) >= 11 is 2.86. The number of nitrogens with zero attached hydrogens (tertiary/aromatic N) is 7. The lowest BCUT2D eigenvalue weighted by Gasteiger charge is -2.32. The van der Waals surface area contributed by atoms with Crippen LogP contribution >= 0.6 is 22.9 Å². The fourth-order valence-electron chi connectivity index (χ4n) is 6.86. The van der Waals surface area contributed by atoms with Crippen LogP contribution < -0.4 is 19.9 Å². The normalized spacial score (nSPS) is 22.9. The highest BCUT2D eigenvalue weighted by molar-refractivity contribution is 7.16. The summed E-state index contributed by atoms with van der Waals surface area (Å²) in [4.78, 5) is 27.4. The highest BCUT2D eigenvalue weighted by Crippen LogP contribution is 2.49. The average molecular weight is 654 g/mol. The van der Waals surface area contributed by atoms with Crippen LogP contribution in [0.3, 0.4) is 0 Å². The minimum atomic E-state index is -0.956. The molecule has 11 nitrogen and oxygen atoms in total. The number of rotatable bonds is 8. The number of fused-ring (bicyclic) bond motifs is 1. The maximum Gasteiger partial charge on any atom is 0.464 e. The Labute approximate surface area is 270 Å². The van der Waals surface area contributed by atoms with Crippen LogP contribution in [0.15, 0.2) is 24.7 Å². The van der Waals surface area contributed by atoms with Crippen molar-refractivity contribution in [1.82, 2.24) is 24.3 Å². The van der Waals surface area contributed by atoms with Gasteiger partial charge >= 0.3 is 17.7 Å². The molecule has 0 bridgehead atoms. The molecule has 14 heteroatoms. The molecule has 3 atom stereocenters. The van der Waals surface area contributed by atoms with Crippen LogP contribution in [0.25, 0.3) is 5.95 Å². The predicted octanol–water partition coefficient (Wildman–Crippen LogP) is 4.08. The second-order valence-electron chi connectivity index (χ2n) is 12.3. The number of aromatic nitrogens is 4. The molecule has 238 valence electrons. The molecule has 0 saturated carbocycles. The molecule has 0 radical (unpaired) electrons. The lowest BCUT2D eigenvalue weighted by molar-refractivity contribution is -0.658. The number of hydrogen-bond donors (Lipinski definition) is 1. The van der Waals surface area contributed by atoms with E-state index in [2.05, 4.69) is 38.4 Å². The van der Waals surface area contributed by atoms with E-state index in [0.29, 0.717) is 54.2 Å². The molecule has 0 aromatic carbocycles. The van der Waals surface area contributed by atoms with Crippen LogP contribution in [0.2, 0.25) is 0 Å². The maximum atomic E-state index is 13.4. The summed E-state index contributed by atoms with van der Waals surface area (Å²) < 4.78 is 32.4. The molecule has 1 amide bonds. The molecule has 2 fully saturated rings. The molecule has 0 spiro atoms. The van der Waals surface area contributed by atoms with Gasteiger partial charge in [-0.25, -0.2) is 4.39 Å². The van der Waals surface area contributed by atoms with Gasteiger partial charge in [-0.15, -0.1) is 11.3 Å². The Morgan fingerprint density at radius 3 is 2.71 bits per heavy atom. The fourth-order valence-corrected chi connectivity index (χ4v) is 8.90. The lowest BCUT2D eigenvalue weighted by Crippen LogP contribution is -2.42. The molecule has 2 saturated heterocycles. The SMILES string of the molecule is C=C(F)C(=O)N1CCC(Oc2cc(O[C@@H](C)[C@@H]3CCCN3C)nc(-[n+]3cc([C@@]4(C)CCCc5sc(N)c(C#N)c54)sn3)n2)CC1. The number of piperidine rings is 1. The van der Waals surface area contributed by atoms with Crippen LogP contribution in [0.4, 0.5) is 9.39 Å². The number of halogens is 1. The van der Waals surface area contributed by atoms with E-state index in [9.17, 15) is 14.4 Å². The van der Waals surface area contributed by atoms with Gasteiger partial charge < -0.3 is 20.1 Å². The van der Waals surface area contributed by atoms with Crippen molar-refractivity contribution in [2.45, 2.75) is 82.5 Å².